The molecule has 0 bridgehead atoms. The molecular weight excluding hydrogens is 376 g/mol. The van der Waals surface area contributed by atoms with Crippen LogP contribution < -0.4 is 10.6 Å². The molecule has 3 heterocycles. The van der Waals surface area contributed by atoms with Gasteiger partial charge in [0.1, 0.15) is 10.7 Å². The fraction of sp³-hybridized carbons (Fsp3) is 0.579. The second-order valence-corrected chi connectivity index (χ2v) is 8.42. The van der Waals surface area contributed by atoms with E-state index in [1.165, 1.54) is 17.8 Å². The van der Waals surface area contributed by atoms with E-state index >= 15 is 0 Å². The summed E-state index contributed by atoms with van der Waals surface area (Å²) < 4.78 is 1.62. The summed E-state index contributed by atoms with van der Waals surface area (Å²) in [4.78, 5) is 31.6. The summed E-state index contributed by atoms with van der Waals surface area (Å²) in [7, 11) is 1.79. The van der Waals surface area contributed by atoms with E-state index in [4.69, 9.17) is 0 Å². The summed E-state index contributed by atoms with van der Waals surface area (Å²) in [6.07, 6.45) is 5.31. The highest BCUT2D eigenvalue weighted by Crippen LogP contribution is 2.25. The molecule has 3 rings (SSSR count). The first-order valence-electron chi connectivity index (χ1n) is 9.70. The lowest BCUT2D eigenvalue weighted by atomic mass is 10.1. The van der Waals surface area contributed by atoms with Crippen LogP contribution in [0.1, 0.15) is 54.6 Å². The number of carbonyl (C=O) groups excluding carboxylic acids is 2. The second kappa shape index (κ2) is 9.29. The molecule has 1 aliphatic rings. The molecule has 0 unspecified atom stereocenters. The van der Waals surface area contributed by atoms with Gasteiger partial charge in [-0.15, -0.1) is 11.3 Å². The van der Waals surface area contributed by atoms with E-state index in [2.05, 4.69) is 25.6 Å². The topological polar surface area (TPSA) is 92.1 Å². The van der Waals surface area contributed by atoms with Crippen LogP contribution in [0.15, 0.2) is 17.6 Å². The summed E-state index contributed by atoms with van der Waals surface area (Å²) >= 11 is 1.39. The molecule has 2 N–H and O–H groups in total. The lowest BCUT2D eigenvalue weighted by molar-refractivity contribution is -0.123. The van der Waals surface area contributed by atoms with Crippen molar-refractivity contribution in [1.29, 1.82) is 0 Å². The van der Waals surface area contributed by atoms with Crippen LogP contribution in [0.2, 0.25) is 0 Å². The Morgan fingerprint density at radius 3 is 2.64 bits per heavy atom. The Kier molecular flexibility index (Phi) is 6.79. The molecule has 0 spiro atoms. The van der Waals surface area contributed by atoms with Gasteiger partial charge in [-0.2, -0.15) is 5.10 Å². The maximum absolute atomic E-state index is 12.5. The zero-order valence-corrected chi connectivity index (χ0v) is 17.5. The maximum Gasteiger partial charge on any atom is 0.276 e. The normalized spacial score (nSPS) is 16.1. The van der Waals surface area contributed by atoms with E-state index in [0.717, 1.165) is 30.9 Å². The number of hydrogen-bond donors (Lipinski definition) is 2. The van der Waals surface area contributed by atoms with E-state index in [1.807, 2.05) is 13.8 Å². The van der Waals surface area contributed by atoms with Gasteiger partial charge in [-0.25, -0.2) is 4.98 Å². The molecule has 28 heavy (non-hydrogen) atoms. The van der Waals surface area contributed by atoms with Crippen molar-refractivity contribution in [2.75, 3.05) is 25.0 Å². The zero-order chi connectivity index (χ0) is 20.1. The first-order valence-corrected chi connectivity index (χ1v) is 10.6. The Hall–Kier alpha value is -2.26. The summed E-state index contributed by atoms with van der Waals surface area (Å²) in [5.74, 6) is 0.360. The fourth-order valence-electron chi connectivity index (χ4n) is 3.25. The number of rotatable bonds is 7. The molecule has 8 nitrogen and oxygen atoms in total. The Balaban J connectivity index is 1.62. The van der Waals surface area contributed by atoms with Crippen LogP contribution in [-0.4, -0.2) is 51.1 Å². The third-order valence-electron chi connectivity index (χ3n) is 4.77. The van der Waals surface area contributed by atoms with E-state index < -0.39 is 0 Å². The number of thiazole rings is 1. The first-order chi connectivity index (χ1) is 13.4. The van der Waals surface area contributed by atoms with Crippen molar-refractivity contribution in [3.63, 3.8) is 0 Å². The summed E-state index contributed by atoms with van der Waals surface area (Å²) in [5.41, 5.74) is 0.335. The highest BCUT2D eigenvalue weighted by Gasteiger charge is 2.24. The summed E-state index contributed by atoms with van der Waals surface area (Å²) in [6, 6.07) is 1.52. The molecule has 0 aromatic carbocycles. The summed E-state index contributed by atoms with van der Waals surface area (Å²) in [5, 5.41) is 12.4. The number of likely N-dealkylation sites (tertiary alicyclic amines) is 1. The zero-order valence-electron chi connectivity index (χ0n) is 16.6. The Morgan fingerprint density at radius 2 is 2.00 bits per heavy atom. The van der Waals surface area contributed by atoms with Crippen LogP contribution in [-0.2, 0) is 11.8 Å². The molecule has 0 saturated carbocycles. The maximum atomic E-state index is 12.5. The smallest absolute Gasteiger partial charge is 0.276 e. The number of amides is 2. The molecule has 1 saturated heterocycles. The SMILES string of the molecule is CC(C)[C@H](NC(=O)CN1CCCCC1)c1nc(C(=O)Nc2ccn(C)n2)cs1. The van der Waals surface area contributed by atoms with Crippen molar-refractivity contribution in [2.45, 2.75) is 39.2 Å². The van der Waals surface area contributed by atoms with E-state index in [9.17, 15) is 9.59 Å². The van der Waals surface area contributed by atoms with Gasteiger partial charge in [0.2, 0.25) is 5.91 Å². The summed E-state index contributed by atoms with van der Waals surface area (Å²) in [6.45, 7) is 6.47. The average Bonchev–Trinajstić information content (AvgIpc) is 3.29. The molecule has 1 atom stereocenters. The number of aromatic nitrogens is 3. The van der Waals surface area contributed by atoms with E-state index in [-0.39, 0.29) is 23.8 Å². The minimum absolute atomic E-state index is 0.00953. The van der Waals surface area contributed by atoms with Gasteiger partial charge in [0.15, 0.2) is 5.82 Å². The number of aryl methyl sites for hydroxylation is 1. The van der Waals surface area contributed by atoms with Gasteiger partial charge < -0.3 is 10.6 Å². The van der Waals surface area contributed by atoms with Crippen LogP contribution in [0, 0.1) is 5.92 Å². The molecule has 1 aliphatic heterocycles. The first kappa shape index (κ1) is 20.5. The number of piperidine rings is 1. The number of hydrogen-bond acceptors (Lipinski definition) is 6. The Morgan fingerprint density at radius 1 is 1.25 bits per heavy atom. The van der Waals surface area contributed by atoms with Crippen molar-refractivity contribution >= 4 is 29.0 Å². The van der Waals surface area contributed by atoms with Gasteiger partial charge in [0.25, 0.3) is 5.91 Å². The molecule has 2 amide bonds. The van der Waals surface area contributed by atoms with Gasteiger partial charge in [0, 0.05) is 24.7 Å². The second-order valence-electron chi connectivity index (χ2n) is 7.53. The number of anilines is 1. The average molecular weight is 405 g/mol. The molecule has 0 aliphatic carbocycles. The molecule has 2 aromatic heterocycles. The number of nitrogens with one attached hydrogen (secondary N) is 2. The minimum atomic E-state index is -0.302. The largest absolute Gasteiger partial charge is 0.345 e. The lowest BCUT2D eigenvalue weighted by Crippen LogP contribution is -2.42. The van der Waals surface area contributed by atoms with Crippen molar-refractivity contribution in [3.05, 3.63) is 28.3 Å². The Bertz CT molecular complexity index is 809. The molecule has 0 radical (unpaired) electrons. The minimum Gasteiger partial charge on any atom is -0.345 e. The molecule has 2 aromatic rings. The quantitative estimate of drug-likeness (QED) is 0.739. The van der Waals surface area contributed by atoms with Crippen molar-refractivity contribution < 1.29 is 9.59 Å². The third-order valence-corrected chi connectivity index (χ3v) is 5.70. The molecule has 1 fully saturated rings. The van der Waals surface area contributed by atoms with Gasteiger partial charge in [-0.3, -0.25) is 19.2 Å². The van der Waals surface area contributed by atoms with E-state index in [0.29, 0.717) is 18.1 Å². The van der Waals surface area contributed by atoms with Gasteiger partial charge in [-0.05, 0) is 31.8 Å². The Labute approximate surface area is 169 Å². The molecular formula is C19H28N6O2S. The number of nitrogens with zero attached hydrogens (tertiary/aromatic N) is 4. The number of carbonyl (C=O) groups is 2. The predicted molar refractivity (Wildman–Crippen MR) is 109 cm³/mol. The standard InChI is InChI=1S/C19H28N6O2S/c1-13(2)17(22-16(26)11-25-8-5-4-6-9-25)19-20-14(12-28-19)18(27)21-15-7-10-24(3)23-15/h7,10,12-13,17H,4-6,8-9,11H2,1-3H3,(H,22,26)(H,21,23,27)/t17-/m0/s1. The van der Waals surface area contributed by atoms with Crippen LogP contribution in [0.25, 0.3) is 0 Å². The lowest BCUT2D eigenvalue weighted by Gasteiger charge is -2.27. The van der Waals surface area contributed by atoms with Crippen molar-refractivity contribution in [2.24, 2.45) is 13.0 Å². The highest BCUT2D eigenvalue weighted by atomic mass is 32.1. The van der Waals surface area contributed by atoms with Gasteiger partial charge in [-0.1, -0.05) is 20.3 Å². The van der Waals surface area contributed by atoms with Crippen LogP contribution >= 0.6 is 11.3 Å². The van der Waals surface area contributed by atoms with Crippen LogP contribution in [0.4, 0.5) is 5.82 Å². The predicted octanol–water partition coefficient (Wildman–Crippen LogP) is 2.43. The van der Waals surface area contributed by atoms with Crippen molar-refractivity contribution in [3.8, 4) is 0 Å². The van der Waals surface area contributed by atoms with E-state index in [1.54, 1.807) is 29.4 Å². The third kappa shape index (κ3) is 5.39. The highest BCUT2D eigenvalue weighted by molar-refractivity contribution is 7.10. The van der Waals surface area contributed by atoms with Gasteiger partial charge >= 0.3 is 0 Å². The van der Waals surface area contributed by atoms with Gasteiger partial charge in [0.05, 0.1) is 12.6 Å². The van der Waals surface area contributed by atoms with Crippen molar-refractivity contribution in [1.82, 2.24) is 25.0 Å². The molecule has 152 valence electrons. The molecule has 9 heteroatoms. The van der Waals surface area contributed by atoms with Crippen LogP contribution in [0.3, 0.4) is 0 Å². The monoisotopic (exact) mass is 404 g/mol. The van der Waals surface area contributed by atoms with Crippen LogP contribution in [0.5, 0.6) is 0 Å². The fourth-order valence-corrected chi connectivity index (χ4v) is 4.27.